The molecule has 1 aromatic rings. The number of para-hydroxylation sites is 1. The molecule has 0 bridgehead atoms. The predicted molar refractivity (Wildman–Crippen MR) is 64.1 cm³/mol. The minimum absolute atomic E-state index is 0.0207. The maximum Gasteiger partial charge on any atom is 0.473 e. The van der Waals surface area contributed by atoms with Gasteiger partial charge in [0.1, 0.15) is 5.75 Å². The van der Waals surface area contributed by atoms with E-state index in [-0.39, 0.29) is 17.4 Å². The van der Waals surface area contributed by atoms with Crippen molar-refractivity contribution in [1.29, 1.82) is 0 Å². The smallest absolute Gasteiger partial charge is 0.440 e. The fraction of sp³-hybridized carbons (Fsp3) is 0.214. The SMILES string of the molecule is O=C1C=C(C(F)(F)F)OC2(C(F)(F)F)Oc3ccccc3C=C12. The topological polar surface area (TPSA) is 35.5 Å². The van der Waals surface area contributed by atoms with Gasteiger partial charge in [-0.05, 0) is 12.1 Å². The zero-order valence-electron chi connectivity index (χ0n) is 11.0. The van der Waals surface area contributed by atoms with E-state index in [1.807, 2.05) is 0 Å². The molecule has 3 nitrogen and oxygen atoms in total. The molecule has 0 amide bonds. The highest BCUT2D eigenvalue weighted by Gasteiger charge is 2.69. The molecule has 23 heavy (non-hydrogen) atoms. The molecule has 2 heterocycles. The summed E-state index contributed by atoms with van der Waals surface area (Å²) < 4.78 is 87.4. The van der Waals surface area contributed by atoms with Crippen LogP contribution in [0.3, 0.4) is 0 Å². The summed E-state index contributed by atoms with van der Waals surface area (Å²) in [6.45, 7) is 0. The molecule has 0 radical (unpaired) electrons. The van der Waals surface area contributed by atoms with Crippen molar-refractivity contribution in [2.75, 3.05) is 0 Å². The average Bonchev–Trinajstić information content (AvgIpc) is 2.43. The van der Waals surface area contributed by atoms with Crippen molar-refractivity contribution in [3.63, 3.8) is 0 Å². The van der Waals surface area contributed by atoms with Gasteiger partial charge in [-0.25, -0.2) is 0 Å². The second kappa shape index (κ2) is 4.53. The van der Waals surface area contributed by atoms with E-state index in [1.54, 1.807) is 0 Å². The van der Waals surface area contributed by atoms with Crippen molar-refractivity contribution in [2.45, 2.75) is 18.1 Å². The van der Waals surface area contributed by atoms with Crippen LogP contribution in [0.5, 0.6) is 5.75 Å². The highest BCUT2D eigenvalue weighted by molar-refractivity contribution is 6.10. The zero-order valence-corrected chi connectivity index (χ0v) is 11.0. The summed E-state index contributed by atoms with van der Waals surface area (Å²) in [6, 6.07) is 5.31. The van der Waals surface area contributed by atoms with Crippen LogP contribution in [-0.4, -0.2) is 23.9 Å². The lowest BCUT2D eigenvalue weighted by molar-refractivity contribution is -0.334. The van der Waals surface area contributed by atoms with Gasteiger partial charge in [0, 0.05) is 11.6 Å². The van der Waals surface area contributed by atoms with Crippen LogP contribution in [0.2, 0.25) is 0 Å². The zero-order chi connectivity index (χ0) is 17.0. The summed E-state index contributed by atoms with van der Waals surface area (Å²) in [5.74, 6) is -7.70. The second-order valence-electron chi connectivity index (χ2n) is 4.78. The molecule has 0 saturated carbocycles. The molecule has 0 fully saturated rings. The Labute approximate surface area is 124 Å². The molecular weight excluding hydrogens is 330 g/mol. The number of allylic oxidation sites excluding steroid dienone is 2. The number of rotatable bonds is 0. The van der Waals surface area contributed by atoms with Gasteiger partial charge in [-0.3, -0.25) is 4.79 Å². The molecule has 0 aromatic heterocycles. The number of benzene rings is 1. The number of ether oxygens (including phenoxy) is 2. The van der Waals surface area contributed by atoms with Gasteiger partial charge in [0.05, 0.1) is 5.57 Å². The summed E-state index contributed by atoms with van der Waals surface area (Å²) in [5, 5.41) is 0. The number of halogens is 6. The Hall–Kier alpha value is -2.45. The molecule has 0 N–H and O–H groups in total. The van der Waals surface area contributed by atoms with Gasteiger partial charge in [-0.1, -0.05) is 18.2 Å². The van der Waals surface area contributed by atoms with Gasteiger partial charge in [-0.2, -0.15) is 26.3 Å². The van der Waals surface area contributed by atoms with Crippen molar-refractivity contribution in [3.05, 3.63) is 47.2 Å². The van der Waals surface area contributed by atoms with E-state index in [2.05, 4.69) is 4.74 Å². The van der Waals surface area contributed by atoms with Gasteiger partial charge in [0.2, 0.25) is 5.76 Å². The first-order valence-corrected chi connectivity index (χ1v) is 6.14. The van der Waals surface area contributed by atoms with Crippen LogP contribution in [0.4, 0.5) is 26.3 Å². The first kappa shape index (κ1) is 15.4. The van der Waals surface area contributed by atoms with E-state index >= 15 is 0 Å². The number of carbonyl (C=O) groups excluding carboxylic acids is 1. The fourth-order valence-corrected chi connectivity index (χ4v) is 2.25. The van der Waals surface area contributed by atoms with Gasteiger partial charge in [-0.15, -0.1) is 0 Å². The van der Waals surface area contributed by atoms with E-state index in [0.29, 0.717) is 0 Å². The third-order valence-electron chi connectivity index (χ3n) is 3.26. The van der Waals surface area contributed by atoms with E-state index in [0.717, 1.165) is 12.1 Å². The van der Waals surface area contributed by atoms with Crippen molar-refractivity contribution < 1.29 is 40.6 Å². The molecule has 1 atom stereocenters. The number of ketones is 1. The predicted octanol–water partition coefficient (Wildman–Crippen LogP) is 3.77. The minimum Gasteiger partial charge on any atom is -0.440 e. The Balaban J connectivity index is 2.23. The lowest BCUT2D eigenvalue weighted by Crippen LogP contribution is -2.58. The third kappa shape index (κ3) is 2.27. The van der Waals surface area contributed by atoms with Crippen LogP contribution in [0.15, 0.2) is 41.7 Å². The molecule has 122 valence electrons. The quantitative estimate of drug-likeness (QED) is 0.677. The van der Waals surface area contributed by atoms with E-state index in [1.165, 1.54) is 18.2 Å². The van der Waals surface area contributed by atoms with Crippen LogP contribution >= 0.6 is 0 Å². The largest absolute Gasteiger partial charge is 0.473 e. The first-order chi connectivity index (χ1) is 10.5. The van der Waals surface area contributed by atoms with E-state index in [4.69, 9.17) is 4.74 Å². The molecular formula is C14H6F6O3. The van der Waals surface area contributed by atoms with E-state index < -0.39 is 35.3 Å². The maximum atomic E-state index is 13.5. The van der Waals surface area contributed by atoms with Crippen molar-refractivity contribution in [3.8, 4) is 5.75 Å². The molecule has 3 rings (SSSR count). The molecule has 1 unspecified atom stereocenters. The summed E-state index contributed by atoms with van der Waals surface area (Å²) in [6.07, 6.45) is -9.88. The summed E-state index contributed by atoms with van der Waals surface area (Å²) >= 11 is 0. The number of alkyl halides is 6. The maximum absolute atomic E-state index is 13.5. The molecule has 0 spiro atoms. The summed E-state index contributed by atoms with van der Waals surface area (Å²) in [5.41, 5.74) is -0.931. The van der Waals surface area contributed by atoms with Crippen molar-refractivity contribution in [1.82, 2.24) is 0 Å². The Morgan fingerprint density at radius 2 is 1.57 bits per heavy atom. The van der Waals surface area contributed by atoms with E-state index in [9.17, 15) is 31.1 Å². The highest BCUT2D eigenvalue weighted by Crippen LogP contribution is 2.50. The second-order valence-corrected chi connectivity index (χ2v) is 4.78. The normalized spacial score (nSPS) is 23.8. The standard InChI is InChI=1S/C14H6F6O3/c15-13(16,17)11-6-9(21)8-5-7-3-1-2-4-10(7)22-12(8,23-11)14(18,19)20/h1-6H. The molecule has 0 aliphatic carbocycles. The number of hydrogen-bond donors (Lipinski definition) is 0. The molecule has 0 saturated heterocycles. The number of fused-ring (bicyclic) bond motifs is 2. The van der Waals surface area contributed by atoms with Crippen molar-refractivity contribution in [2.24, 2.45) is 0 Å². The first-order valence-electron chi connectivity index (χ1n) is 6.14. The average molecular weight is 336 g/mol. The van der Waals surface area contributed by atoms with Gasteiger partial charge in [0.25, 0.3) is 0 Å². The lowest BCUT2D eigenvalue weighted by Gasteiger charge is -2.41. The Morgan fingerprint density at radius 1 is 0.913 bits per heavy atom. The summed E-state index contributed by atoms with van der Waals surface area (Å²) in [7, 11) is 0. The summed E-state index contributed by atoms with van der Waals surface area (Å²) in [4.78, 5) is 11.8. The van der Waals surface area contributed by atoms with Crippen LogP contribution in [0.1, 0.15) is 5.56 Å². The Morgan fingerprint density at radius 3 is 2.17 bits per heavy atom. The van der Waals surface area contributed by atoms with Crippen LogP contribution < -0.4 is 4.74 Å². The highest BCUT2D eigenvalue weighted by atomic mass is 19.4. The van der Waals surface area contributed by atoms with Gasteiger partial charge < -0.3 is 9.47 Å². The molecule has 1 aromatic carbocycles. The van der Waals surface area contributed by atoms with Crippen molar-refractivity contribution >= 4 is 11.9 Å². The molecule has 2 aliphatic rings. The molecule has 9 heteroatoms. The number of carbonyl (C=O) groups is 1. The Kier molecular flexibility index (Phi) is 3.04. The number of hydrogen-bond acceptors (Lipinski definition) is 3. The lowest BCUT2D eigenvalue weighted by atomic mass is 9.92. The Bertz CT molecular complexity index is 744. The van der Waals surface area contributed by atoms with Crippen LogP contribution in [-0.2, 0) is 9.53 Å². The minimum atomic E-state index is -5.41. The monoisotopic (exact) mass is 336 g/mol. The van der Waals surface area contributed by atoms with Crippen LogP contribution in [0, 0.1) is 0 Å². The fourth-order valence-electron chi connectivity index (χ4n) is 2.25. The van der Waals surface area contributed by atoms with Gasteiger partial charge in [0.15, 0.2) is 5.78 Å². The van der Waals surface area contributed by atoms with Gasteiger partial charge >= 0.3 is 18.1 Å². The molecule has 2 aliphatic heterocycles. The van der Waals surface area contributed by atoms with Crippen LogP contribution in [0.25, 0.3) is 6.08 Å². The third-order valence-corrected chi connectivity index (χ3v) is 3.26.